The van der Waals surface area contributed by atoms with E-state index in [1.54, 1.807) is 16.2 Å². The highest BCUT2D eigenvalue weighted by atomic mass is 35.5. The minimum Gasteiger partial charge on any atom is -0.352 e. The van der Waals surface area contributed by atoms with E-state index in [0.717, 1.165) is 41.1 Å². The summed E-state index contributed by atoms with van der Waals surface area (Å²) in [5, 5.41) is 1.32. The minimum atomic E-state index is 0.266. The first kappa shape index (κ1) is 17.2. The molecule has 4 rings (SSSR count). The Morgan fingerprint density at radius 2 is 1.77 bits per heavy atom. The molecule has 1 aromatic carbocycles. The number of amides is 1. The van der Waals surface area contributed by atoms with E-state index >= 15 is 0 Å². The summed E-state index contributed by atoms with van der Waals surface area (Å²) in [6, 6.07) is 8.54. The van der Waals surface area contributed by atoms with Crippen molar-refractivity contribution in [1.29, 1.82) is 0 Å². The van der Waals surface area contributed by atoms with Gasteiger partial charge in [-0.05, 0) is 31.0 Å². The molecule has 1 fully saturated rings. The van der Waals surface area contributed by atoms with E-state index < -0.39 is 0 Å². The van der Waals surface area contributed by atoms with Crippen LogP contribution in [0.4, 0.5) is 5.82 Å². The van der Waals surface area contributed by atoms with Crippen molar-refractivity contribution in [3.05, 3.63) is 40.0 Å². The highest BCUT2D eigenvalue weighted by Crippen LogP contribution is 2.42. The van der Waals surface area contributed by atoms with Crippen LogP contribution in [0.3, 0.4) is 0 Å². The number of anilines is 1. The average molecular weight is 387 g/mol. The van der Waals surface area contributed by atoms with E-state index in [-0.39, 0.29) is 5.28 Å². The van der Waals surface area contributed by atoms with Gasteiger partial charge >= 0.3 is 0 Å². The molecule has 2 aromatic heterocycles. The van der Waals surface area contributed by atoms with Crippen molar-refractivity contribution in [2.75, 3.05) is 31.1 Å². The van der Waals surface area contributed by atoms with Crippen LogP contribution in [0.1, 0.15) is 10.4 Å². The van der Waals surface area contributed by atoms with E-state index in [2.05, 4.69) is 53.0 Å². The van der Waals surface area contributed by atoms with Gasteiger partial charge in [0.05, 0.1) is 5.39 Å². The van der Waals surface area contributed by atoms with Crippen LogP contribution < -0.4 is 4.90 Å². The maximum Gasteiger partial charge on any atom is 0.225 e. The van der Waals surface area contributed by atoms with Crippen LogP contribution in [0.25, 0.3) is 21.3 Å². The van der Waals surface area contributed by atoms with Crippen LogP contribution in [-0.4, -0.2) is 47.5 Å². The second-order valence-electron chi connectivity index (χ2n) is 6.52. The number of piperazine rings is 1. The summed E-state index contributed by atoms with van der Waals surface area (Å²) in [5.74, 6) is 0.866. The lowest BCUT2D eigenvalue weighted by atomic mass is 10.0. The van der Waals surface area contributed by atoms with Crippen LogP contribution >= 0.6 is 22.9 Å². The zero-order chi connectivity index (χ0) is 18.3. The van der Waals surface area contributed by atoms with Gasteiger partial charge in [0.1, 0.15) is 10.6 Å². The lowest BCUT2D eigenvalue weighted by molar-refractivity contribution is -0.118. The number of halogens is 1. The van der Waals surface area contributed by atoms with Crippen LogP contribution in [0, 0.1) is 13.8 Å². The molecular formula is C19H19ClN4OS. The summed E-state index contributed by atoms with van der Waals surface area (Å²) in [6.45, 7) is 7.06. The Hall–Kier alpha value is -2.18. The van der Waals surface area contributed by atoms with Crippen molar-refractivity contribution in [2.45, 2.75) is 13.8 Å². The number of thiophene rings is 1. The fourth-order valence-corrected chi connectivity index (χ4v) is 4.66. The predicted octanol–water partition coefficient (Wildman–Crippen LogP) is 3.91. The minimum absolute atomic E-state index is 0.266. The number of benzene rings is 1. The number of fused-ring (bicyclic) bond motifs is 1. The molecule has 7 heteroatoms. The summed E-state index contributed by atoms with van der Waals surface area (Å²) in [7, 11) is 0. The number of carbonyl (C=O) groups excluding carboxylic acids is 1. The van der Waals surface area contributed by atoms with E-state index in [1.165, 1.54) is 16.0 Å². The molecule has 26 heavy (non-hydrogen) atoms. The van der Waals surface area contributed by atoms with Gasteiger partial charge in [0.25, 0.3) is 0 Å². The lowest BCUT2D eigenvalue weighted by Crippen LogP contribution is -2.46. The standard InChI is InChI=1S/C19H19ClN4OS/c1-12-3-5-14(6-4-12)15-13(2)26-18-16(15)17(21-19(20)22-18)24-9-7-23(11-25)8-10-24/h3-6,11H,7-10H2,1-2H3. The molecule has 1 amide bonds. The van der Waals surface area contributed by atoms with Gasteiger partial charge in [0.15, 0.2) is 0 Å². The highest BCUT2D eigenvalue weighted by Gasteiger charge is 2.24. The topological polar surface area (TPSA) is 49.3 Å². The number of nitrogens with zero attached hydrogens (tertiary/aromatic N) is 4. The monoisotopic (exact) mass is 386 g/mol. The van der Waals surface area contributed by atoms with Gasteiger partial charge in [0.2, 0.25) is 11.7 Å². The van der Waals surface area contributed by atoms with Gasteiger partial charge < -0.3 is 9.80 Å². The number of rotatable bonds is 3. The molecule has 0 N–H and O–H groups in total. The summed E-state index contributed by atoms with van der Waals surface area (Å²) in [4.78, 5) is 26.1. The van der Waals surface area contributed by atoms with E-state index in [4.69, 9.17) is 11.6 Å². The van der Waals surface area contributed by atoms with E-state index in [1.807, 2.05) is 0 Å². The Kier molecular flexibility index (Phi) is 4.54. The molecule has 3 aromatic rings. The predicted molar refractivity (Wildman–Crippen MR) is 107 cm³/mol. The quantitative estimate of drug-likeness (QED) is 0.506. The van der Waals surface area contributed by atoms with Crippen LogP contribution in [0.5, 0.6) is 0 Å². The van der Waals surface area contributed by atoms with Crippen molar-refractivity contribution >= 4 is 45.4 Å². The molecule has 0 aliphatic carbocycles. The number of aryl methyl sites for hydroxylation is 2. The van der Waals surface area contributed by atoms with Crippen molar-refractivity contribution in [2.24, 2.45) is 0 Å². The third-order valence-electron chi connectivity index (χ3n) is 4.78. The Balaban J connectivity index is 1.87. The Morgan fingerprint density at radius 1 is 1.08 bits per heavy atom. The molecule has 5 nitrogen and oxygen atoms in total. The molecule has 1 aliphatic heterocycles. The first-order valence-electron chi connectivity index (χ1n) is 8.55. The average Bonchev–Trinajstić information content (AvgIpc) is 2.97. The van der Waals surface area contributed by atoms with Crippen molar-refractivity contribution in [1.82, 2.24) is 14.9 Å². The number of carbonyl (C=O) groups is 1. The molecule has 1 saturated heterocycles. The third kappa shape index (κ3) is 3.04. The second-order valence-corrected chi connectivity index (χ2v) is 8.07. The zero-order valence-electron chi connectivity index (χ0n) is 14.7. The van der Waals surface area contributed by atoms with Gasteiger partial charge in [-0.3, -0.25) is 4.79 Å². The summed E-state index contributed by atoms with van der Waals surface area (Å²) < 4.78 is 0. The first-order chi connectivity index (χ1) is 12.6. The number of hydrogen-bond acceptors (Lipinski definition) is 5. The first-order valence-corrected chi connectivity index (χ1v) is 9.74. The Labute approximate surface area is 161 Å². The van der Waals surface area contributed by atoms with Crippen LogP contribution in [0.2, 0.25) is 5.28 Å². The van der Waals surface area contributed by atoms with E-state index in [9.17, 15) is 4.79 Å². The van der Waals surface area contributed by atoms with Gasteiger partial charge in [-0.25, -0.2) is 4.98 Å². The molecule has 1 aliphatic rings. The smallest absolute Gasteiger partial charge is 0.225 e. The molecule has 0 atom stereocenters. The van der Waals surface area contributed by atoms with Gasteiger partial charge in [0, 0.05) is 36.6 Å². The summed E-state index contributed by atoms with van der Waals surface area (Å²) in [5.41, 5.74) is 3.57. The number of hydrogen-bond donors (Lipinski definition) is 0. The maximum atomic E-state index is 11.0. The maximum absolute atomic E-state index is 11.0. The SMILES string of the molecule is Cc1ccc(-c2c(C)sc3nc(Cl)nc(N4CCN(C=O)CC4)c23)cc1. The lowest BCUT2D eigenvalue weighted by Gasteiger charge is -2.33. The molecule has 0 unspecified atom stereocenters. The fourth-order valence-electron chi connectivity index (χ4n) is 3.40. The largest absolute Gasteiger partial charge is 0.352 e. The zero-order valence-corrected chi connectivity index (χ0v) is 16.3. The van der Waals surface area contributed by atoms with Crippen molar-refractivity contribution in [3.63, 3.8) is 0 Å². The molecule has 0 radical (unpaired) electrons. The molecule has 3 heterocycles. The van der Waals surface area contributed by atoms with E-state index in [0.29, 0.717) is 13.1 Å². The summed E-state index contributed by atoms with van der Waals surface area (Å²) in [6.07, 6.45) is 0.909. The Bertz CT molecular complexity index is 962. The van der Waals surface area contributed by atoms with Crippen LogP contribution in [0.15, 0.2) is 24.3 Å². The van der Waals surface area contributed by atoms with Gasteiger partial charge in [-0.2, -0.15) is 4.98 Å². The van der Waals surface area contributed by atoms with Gasteiger partial charge in [-0.1, -0.05) is 29.8 Å². The highest BCUT2D eigenvalue weighted by molar-refractivity contribution is 7.19. The Morgan fingerprint density at radius 3 is 2.42 bits per heavy atom. The van der Waals surface area contributed by atoms with Crippen molar-refractivity contribution in [3.8, 4) is 11.1 Å². The molecule has 134 valence electrons. The normalized spacial score (nSPS) is 14.9. The van der Waals surface area contributed by atoms with Crippen LogP contribution in [-0.2, 0) is 4.79 Å². The molecule has 0 spiro atoms. The number of aromatic nitrogens is 2. The molecule has 0 saturated carbocycles. The summed E-state index contributed by atoms with van der Waals surface area (Å²) >= 11 is 7.86. The fraction of sp³-hybridized carbons (Fsp3) is 0.316. The second kappa shape index (κ2) is 6.85. The molecular weight excluding hydrogens is 368 g/mol. The van der Waals surface area contributed by atoms with Gasteiger partial charge in [-0.15, -0.1) is 11.3 Å². The van der Waals surface area contributed by atoms with Crippen molar-refractivity contribution < 1.29 is 4.79 Å². The molecule has 0 bridgehead atoms. The third-order valence-corrected chi connectivity index (χ3v) is 5.95.